The standard InChI is InChI=1S/C24H22/c1-16-12-17(2)18(3)23(13-16)22-11-7-10-20-14-21(15-24(20)22)19-8-5-4-6-9-19/h4-13,15H,14H2,1-3H3. The zero-order chi connectivity index (χ0) is 16.7. The molecule has 0 bridgehead atoms. The van der Waals surface area contributed by atoms with Crippen LogP contribution in [0.3, 0.4) is 0 Å². The van der Waals surface area contributed by atoms with Crippen molar-refractivity contribution in [3.63, 3.8) is 0 Å². The molecule has 118 valence electrons. The Morgan fingerprint density at radius 2 is 1.54 bits per heavy atom. The van der Waals surface area contributed by atoms with Gasteiger partial charge >= 0.3 is 0 Å². The van der Waals surface area contributed by atoms with E-state index in [1.165, 1.54) is 50.1 Å². The van der Waals surface area contributed by atoms with Gasteiger partial charge in [0.25, 0.3) is 0 Å². The van der Waals surface area contributed by atoms with Crippen LogP contribution in [0.15, 0.2) is 60.7 Å². The van der Waals surface area contributed by atoms with Crippen molar-refractivity contribution >= 4 is 11.6 Å². The molecule has 0 heteroatoms. The third kappa shape index (κ3) is 2.49. The van der Waals surface area contributed by atoms with Crippen LogP contribution >= 0.6 is 0 Å². The van der Waals surface area contributed by atoms with Gasteiger partial charge in [-0.15, -0.1) is 0 Å². The summed E-state index contributed by atoms with van der Waals surface area (Å²) in [5.41, 5.74) is 12.4. The maximum atomic E-state index is 2.39. The number of hydrogen-bond acceptors (Lipinski definition) is 0. The summed E-state index contributed by atoms with van der Waals surface area (Å²) in [6.45, 7) is 6.63. The van der Waals surface area contributed by atoms with Crippen LogP contribution in [0.1, 0.15) is 33.4 Å². The Morgan fingerprint density at radius 1 is 0.750 bits per heavy atom. The highest BCUT2D eigenvalue weighted by Crippen LogP contribution is 2.39. The molecular formula is C24H22. The second kappa shape index (κ2) is 5.79. The van der Waals surface area contributed by atoms with Gasteiger partial charge in [-0.05, 0) is 77.8 Å². The van der Waals surface area contributed by atoms with E-state index in [9.17, 15) is 0 Å². The molecule has 0 nitrogen and oxygen atoms in total. The fourth-order valence-corrected chi connectivity index (χ4v) is 3.76. The topological polar surface area (TPSA) is 0 Å². The molecule has 24 heavy (non-hydrogen) atoms. The summed E-state index contributed by atoms with van der Waals surface area (Å²) in [6.07, 6.45) is 3.41. The van der Waals surface area contributed by atoms with Gasteiger partial charge in [0.05, 0.1) is 0 Å². The molecule has 4 rings (SSSR count). The van der Waals surface area contributed by atoms with E-state index in [0.29, 0.717) is 0 Å². The number of benzene rings is 3. The Labute approximate surface area is 144 Å². The average Bonchev–Trinajstić information content (AvgIpc) is 3.03. The molecule has 3 aromatic carbocycles. The molecular weight excluding hydrogens is 288 g/mol. The minimum atomic E-state index is 1.02. The fourth-order valence-electron chi connectivity index (χ4n) is 3.76. The Kier molecular flexibility index (Phi) is 3.61. The third-order valence-corrected chi connectivity index (χ3v) is 5.14. The first-order valence-corrected chi connectivity index (χ1v) is 8.59. The highest BCUT2D eigenvalue weighted by molar-refractivity contribution is 5.94. The lowest BCUT2D eigenvalue weighted by Gasteiger charge is -2.14. The van der Waals surface area contributed by atoms with Crippen molar-refractivity contribution in [1.29, 1.82) is 0 Å². The van der Waals surface area contributed by atoms with Crippen molar-refractivity contribution in [2.75, 3.05) is 0 Å². The fraction of sp³-hybridized carbons (Fsp3) is 0.167. The zero-order valence-corrected chi connectivity index (χ0v) is 14.6. The van der Waals surface area contributed by atoms with Gasteiger partial charge < -0.3 is 0 Å². The van der Waals surface area contributed by atoms with Crippen molar-refractivity contribution < 1.29 is 0 Å². The zero-order valence-electron chi connectivity index (χ0n) is 14.6. The number of aryl methyl sites for hydroxylation is 2. The van der Waals surface area contributed by atoms with E-state index in [4.69, 9.17) is 0 Å². The van der Waals surface area contributed by atoms with Crippen LogP contribution in [0, 0.1) is 20.8 Å². The normalized spacial score (nSPS) is 12.9. The van der Waals surface area contributed by atoms with E-state index >= 15 is 0 Å². The van der Waals surface area contributed by atoms with Gasteiger partial charge in [0.15, 0.2) is 0 Å². The summed E-state index contributed by atoms with van der Waals surface area (Å²) in [5, 5.41) is 0. The van der Waals surface area contributed by atoms with Crippen molar-refractivity contribution in [2.24, 2.45) is 0 Å². The lowest BCUT2D eigenvalue weighted by molar-refractivity contribution is 1.28. The maximum Gasteiger partial charge on any atom is -0.00135 e. The molecule has 0 unspecified atom stereocenters. The molecule has 0 heterocycles. The van der Waals surface area contributed by atoms with Gasteiger partial charge in [-0.3, -0.25) is 0 Å². The van der Waals surface area contributed by atoms with Gasteiger partial charge in [0.1, 0.15) is 0 Å². The monoisotopic (exact) mass is 310 g/mol. The van der Waals surface area contributed by atoms with Crippen molar-refractivity contribution in [3.05, 3.63) is 94.0 Å². The largest absolute Gasteiger partial charge is 0.0622 e. The number of allylic oxidation sites excluding steroid dienone is 1. The first-order valence-electron chi connectivity index (χ1n) is 8.59. The van der Waals surface area contributed by atoms with Crippen LogP contribution in [0.25, 0.3) is 22.8 Å². The van der Waals surface area contributed by atoms with E-state index in [-0.39, 0.29) is 0 Å². The summed E-state index contributed by atoms with van der Waals surface area (Å²) in [4.78, 5) is 0. The maximum absolute atomic E-state index is 2.39. The summed E-state index contributed by atoms with van der Waals surface area (Å²) < 4.78 is 0. The number of hydrogen-bond donors (Lipinski definition) is 0. The molecule has 0 atom stereocenters. The Bertz CT molecular complexity index is 943. The first-order chi connectivity index (χ1) is 11.6. The molecule has 1 aliphatic carbocycles. The quantitative estimate of drug-likeness (QED) is 0.515. The molecule has 0 aromatic heterocycles. The van der Waals surface area contributed by atoms with Gasteiger partial charge in [-0.25, -0.2) is 0 Å². The van der Waals surface area contributed by atoms with E-state index in [0.717, 1.165) is 6.42 Å². The third-order valence-electron chi connectivity index (χ3n) is 5.14. The minimum absolute atomic E-state index is 1.02. The molecule has 0 aliphatic heterocycles. The molecule has 0 saturated heterocycles. The van der Waals surface area contributed by atoms with Crippen molar-refractivity contribution in [1.82, 2.24) is 0 Å². The summed E-state index contributed by atoms with van der Waals surface area (Å²) in [7, 11) is 0. The van der Waals surface area contributed by atoms with Crippen molar-refractivity contribution in [3.8, 4) is 11.1 Å². The van der Waals surface area contributed by atoms with Gasteiger partial charge in [-0.1, -0.05) is 66.2 Å². The molecule has 0 fully saturated rings. The first kappa shape index (κ1) is 15.0. The minimum Gasteiger partial charge on any atom is -0.0622 e. The van der Waals surface area contributed by atoms with Gasteiger partial charge in [-0.2, -0.15) is 0 Å². The molecule has 0 radical (unpaired) electrons. The predicted molar refractivity (Wildman–Crippen MR) is 104 cm³/mol. The van der Waals surface area contributed by atoms with E-state index < -0.39 is 0 Å². The second-order valence-electron chi connectivity index (χ2n) is 6.85. The smallest absolute Gasteiger partial charge is 0.00135 e. The lowest BCUT2D eigenvalue weighted by atomic mass is 9.91. The molecule has 0 N–H and O–H groups in total. The summed E-state index contributed by atoms with van der Waals surface area (Å²) in [6, 6.07) is 22.1. The molecule has 1 aliphatic rings. The lowest BCUT2D eigenvalue weighted by Crippen LogP contribution is -1.93. The highest BCUT2D eigenvalue weighted by Gasteiger charge is 2.18. The van der Waals surface area contributed by atoms with Crippen LogP contribution in [-0.2, 0) is 6.42 Å². The molecule has 0 amide bonds. The van der Waals surface area contributed by atoms with Crippen LogP contribution in [0.5, 0.6) is 0 Å². The number of rotatable bonds is 2. The summed E-state index contributed by atoms with van der Waals surface area (Å²) in [5.74, 6) is 0. The predicted octanol–water partition coefficient (Wildman–Crippen LogP) is 6.38. The SMILES string of the molecule is Cc1cc(C)c(C)c(-c2cccc3c2C=C(c2ccccc2)C3)c1. The summed E-state index contributed by atoms with van der Waals surface area (Å²) >= 11 is 0. The molecule has 3 aromatic rings. The second-order valence-corrected chi connectivity index (χ2v) is 6.85. The molecule has 0 saturated carbocycles. The van der Waals surface area contributed by atoms with E-state index in [1.54, 1.807) is 0 Å². The van der Waals surface area contributed by atoms with E-state index in [2.05, 4.69) is 87.5 Å². The van der Waals surface area contributed by atoms with Crippen LogP contribution in [-0.4, -0.2) is 0 Å². The van der Waals surface area contributed by atoms with Crippen LogP contribution in [0.4, 0.5) is 0 Å². The Hall–Kier alpha value is -2.60. The van der Waals surface area contributed by atoms with Crippen LogP contribution in [0.2, 0.25) is 0 Å². The Balaban J connectivity index is 1.88. The average molecular weight is 310 g/mol. The van der Waals surface area contributed by atoms with E-state index in [1.807, 2.05) is 0 Å². The molecule has 0 spiro atoms. The van der Waals surface area contributed by atoms with Crippen molar-refractivity contribution in [2.45, 2.75) is 27.2 Å². The van der Waals surface area contributed by atoms with Gasteiger partial charge in [0.2, 0.25) is 0 Å². The highest BCUT2D eigenvalue weighted by atomic mass is 14.2. The van der Waals surface area contributed by atoms with Crippen LogP contribution < -0.4 is 0 Å². The van der Waals surface area contributed by atoms with Gasteiger partial charge in [0, 0.05) is 0 Å². The Morgan fingerprint density at radius 3 is 2.33 bits per heavy atom. The number of fused-ring (bicyclic) bond motifs is 1.